The standard InChI is InChI=1S/C12H13BrClNO/c1-8(7-12(14)15)16-9(2)10-3-5-11(13)6-4-10/h3-7,9,15H,1-2H3/b8-7+,15-12?/t9-/m1/s1. The van der Waals surface area contributed by atoms with Crippen molar-refractivity contribution < 1.29 is 4.74 Å². The van der Waals surface area contributed by atoms with Crippen LogP contribution in [0.2, 0.25) is 0 Å². The van der Waals surface area contributed by atoms with Crippen LogP contribution in [0.3, 0.4) is 0 Å². The molecule has 0 fully saturated rings. The number of allylic oxidation sites excluding steroid dienone is 2. The SMILES string of the molecule is C/C(=C\C(=N)Cl)O[C@H](C)c1ccc(Br)cc1. The molecule has 16 heavy (non-hydrogen) atoms. The summed E-state index contributed by atoms with van der Waals surface area (Å²) in [5.41, 5.74) is 1.08. The summed E-state index contributed by atoms with van der Waals surface area (Å²) in [5.74, 6) is 0.635. The van der Waals surface area contributed by atoms with E-state index in [1.807, 2.05) is 31.2 Å². The zero-order valence-corrected chi connectivity index (χ0v) is 11.5. The minimum Gasteiger partial charge on any atom is -0.491 e. The zero-order chi connectivity index (χ0) is 12.1. The molecule has 1 N–H and O–H groups in total. The lowest BCUT2D eigenvalue weighted by Gasteiger charge is -2.15. The number of halogens is 2. The highest BCUT2D eigenvalue weighted by Crippen LogP contribution is 2.21. The molecule has 1 aromatic rings. The lowest BCUT2D eigenvalue weighted by atomic mass is 10.1. The largest absolute Gasteiger partial charge is 0.491 e. The third-order valence-electron chi connectivity index (χ3n) is 2.03. The Bertz CT molecular complexity index is 400. The summed E-state index contributed by atoms with van der Waals surface area (Å²) in [6.07, 6.45) is 1.43. The van der Waals surface area contributed by atoms with Gasteiger partial charge in [-0.15, -0.1) is 0 Å². The Labute approximate surface area is 109 Å². The van der Waals surface area contributed by atoms with Gasteiger partial charge < -0.3 is 4.74 Å². The molecule has 0 aliphatic rings. The van der Waals surface area contributed by atoms with Crippen molar-refractivity contribution >= 4 is 32.7 Å². The van der Waals surface area contributed by atoms with Gasteiger partial charge in [0.15, 0.2) is 0 Å². The van der Waals surface area contributed by atoms with Crippen LogP contribution in [-0.4, -0.2) is 5.17 Å². The maximum Gasteiger partial charge on any atom is 0.124 e. The summed E-state index contributed by atoms with van der Waals surface area (Å²) in [5, 5.41) is 7.08. The van der Waals surface area contributed by atoms with Gasteiger partial charge >= 0.3 is 0 Å². The monoisotopic (exact) mass is 301 g/mol. The summed E-state index contributed by atoms with van der Waals surface area (Å²) in [6.45, 7) is 3.74. The predicted molar refractivity (Wildman–Crippen MR) is 71.0 cm³/mol. The molecular formula is C12H13BrClNO. The third-order valence-corrected chi connectivity index (χ3v) is 2.67. The van der Waals surface area contributed by atoms with Crippen LogP contribution in [0.5, 0.6) is 0 Å². The number of hydrogen-bond acceptors (Lipinski definition) is 2. The second-order valence-electron chi connectivity index (χ2n) is 3.41. The molecule has 86 valence electrons. The Hall–Kier alpha value is -0.800. The van der Waals surface area contributed by atoms with Crippen molar-refractivity contribution in [2.45, 2.75) is 20.0 Å². The molecule has 4 heteroatoms. The van der Waals surface area contributed by atoms with Crippen molar-refractivity contribution in [3.05, 3.63) is 46.1 Å². The number of benzene rings is 1. The van der Waals surface area contributed by atoms with Crippen molar-refractivity contribution in [3.63, 3.8) is 0 Å². The first-order valence-electron chi connectivity index (χ1n) is 4.83. The molecule has 0 saturated heterocycles. The van der Waals surface area contributed by atoms with Crippen molar-refractivity contribution in [3.8, 4) is 0 Å². The van der Waals surface area contributed by atoms with E-state index in [-0.39, 0.29) is 11.3 Å². The van der Waals surface area contributed by atoms with Crippen LogP contribution in [0.4, 0.5) is 0 Å². The zero-order valence-electron chi connectivity index (χ0n) is 9.13. The van der Waals surface area contributed by atoms with E-state index in [0.717, 1.165) is 10.0 Å². The first-order valence-corrected chi connectivity index (χ1v) is 6.00. The van der Waals surface area contributed by atoms with Gasteiger partial charge in [-0.2, -0.15) is 0 Å². The normalized spacial score (nSPS) is 13.4. The van der Waals surface area contributed by atoms with Gasteiger partial charge in [0.05, 0.1) is 5.76 Å². The van der Waals surface area contributed by atoms with Crippen molar-refractivity contribution in [2.24, 2.45) is 0 Å². The van der Waals surface area contributed by atoms with Crippen LogP contribution in [-0.2, 0) is 4.74 Å². The fourth-order valence-corrected chi connectivity index (χ4v) is 1.71. The Balaban J connectivity index is 2.69. The fourth-order valence-electron chi connectivity index (χ4n) is 1.29. The second kappa shape index (κ2) is 6.06. The molecule has 1 aromatic carbocycles. The third kappa shape index (κ3) is 4.37. The Kier molecular flexibility index (Phi) is 5.03. The number of rotatable bonds is 4. The second-order valence-corrected chi connectivity index (χ2v) is 4.74. The Morgan fingerprint density at radius 2 is 2.00 bits per heavy atom. The smallest absolute Gasteiger partial charge is 0.124 e. The molecular weight excluding hydrogens is 289 g/mol. The van der Waals surface area contributed by atoms with E-state index in [1.54, 1.807) is 6.92 Å². The Morgan fingerprint density at radius 3 is 2.50 bits per heavy atom. The molecule has 0 heterocycles. The molecule has 2 nitrogen and oxygen atoms in total. The molecule has 0 saturated carbocycles. The minimum absolute atomic E-state index is 0.0273. The van der Waals surface area contributed by atoms with Crippen LogP contribution in [0.25, 0.3) is 0 Å². The highest BCUT2D eigenvalue weighted by Gasteiger charge is 2.06. The topological polar surface area (TPSA) is 33.1 Å². The van der Waals surface area contributed by atoms with Crippen molar-refractivity contribution in [2.75, 3.05) is 0 Å². The van der Waals surface area contributed by atoms with Gasteiger partial charge in [-0.05, 0) is 31.5 Å². The molecule has 0 aromatic heterocycles. The van der Waals surface area contributed by atoms with Gasteiger partial charge in [0.25, 0.3) is 0 Å². The fraction of sp³-hybridized carbons (Fsp3) is 0.250. The molecule has 0 radical (unpaired) electrons. The van der Waals surface area contributed by atoms with Crippen LogP contribution < -0.4 is 0 Å². The summed E-state index contributed by atoms with van der Waals surface area (Å²) in [6, 6.07) is 7.93. The summed E-state index contributed by atoms with van der Waals surface area (Å²) < 4.78 is 6.65. The Morgan fingerprint density at radius 1 is 1.44 bits per heavy atom. The van der Waals surface area contributed by atoms with E-state index in [9.17, 15) is 0 Å². The maximum atomic E-state index is 7.10. The quantitative estimate of drug-likeness (QED) is 0.637. The van der Waals surface area contributed by atoms with Crippen LogP contribution >= 0.6 is 27.5 Å². The van der Waals surface area contributed by atoms with E-state index < -0.39 is 0 Å². The highest BCUT2D eigenvalue weighted by atomic mass is 79.9. The highest BCUT2D eigenvalue weighted by molar-refractivity contribution is 9.10. The van der Waals surface area contributed by atoms with Crippen molar-refractivity contribution in [1.29, 1.82) is 5.41 Å². The van der Waals surface area contributed by atoms with E-state index >= 15 is 0 Å². The summed E-state index contributed by atoms with van der Waals surface area (Å²) in [7, 11) is 0. The molecule has 0 unspecified atom stereocenters. The molecule has 0 aliphatic heterocycles. The first-order chi connectivity index (χ1) is 7.49. The van der Waals surface area contributed by atoms with E-state index in [0.29, 0.717) is 5.76 Å². The van der Waals surface area contributed by atoms with Gasteiger partial charge in [0.1, 0.15) is 11.3 Å². The number of ether oxygens (including phenoxy) is 1. The summed E-state index contributed by atoms with van der Waals surface area (Å²) >= 11 is 8.82. The number of hydrogen-bond donors (Lipinski definition) is 1. The minimum atomic E-state index is -0.0552. The van der Waals surface area contributed by atoms with Gasteiger partial charge in [-0.1, -0.05) is 39.7 Å². The van der Waals surface area contributed by atoms with Crippen molar-refractivity contribution in [1.82, 2.24) is 0 Å². The van der Waals surface area contributed by atoms with E-state index in [4.69, 9.17) is 21.7 Å². The van der Waals surface area contributed by atoms with Crippen LogP contribution in [0, 0.1) is 5.41 Å². The average Bonchev–Trinajstić information content (AvgIpc) is 2.16. The molecule has 1 rings (SSSR count). The van der Waals surface area contributed by atoms with Crippen LogP contribution in [0.15, 0.2) is 40.6 Å². The maximum absolute atomic E-state index is 7.10. The summed E-state index contributed by atoms with van der Waals surface area (Å²) in [4.78, 5) is 0. The molecule has 0 spiro atoms. The van der Waals surface area contributed by atoms with Gasteiger partial charge in [0, 0.05) is 10.5 Å². The molecule has 1 atom stereocenters. The average molecular weight is 303 g/mol. The lowest BCUT2D eigenvalue weighted by molar-refractivity contribution is 0.135. The van der Waals surface area contributed by atoms with Gasteiger partial charge in [-0.25, -0.2) is 0 Å². The van der Waals surface area contributed by atoms with E-state index in [1.165, 1.54) is 6.08 Å². The van der Waals surface area contributed by atoms with Gasteiger partial charge in [-0.3, -0.25) is 5.41 Å². The predicted octanol–water partition coefficient (Wildman–Crippen LogP) is 4.65. The first kappa shape index (κ1) is 13.3. The molecule has 0 amide bonds. The lowest BCUT2D eigenvalue weighted by Crippen LogP contribution is -1.99. The molecule has 0 bridgehead atoms. The number of nitrogens with one attached hydrogen (secondary N) is 1. The van der Waals surface area contributed by atoms with Crippen LogP contribution in [0.1, 0.15) is 25.5 Å². The van der Waals surface area contributed by atoms with E-state index in [2.05, 4.69) is 15.9 Å². The molecule has 0 aliphatic carbocycles. The van der Waals surface area contributed by atoms with Gasteiger partial charge in [0.2, 0.25) is 0 Å².